The molecule has 0 radical (unpaired) electrons. The Balaban J connectivity index is 2.58. The molecule has 0 bridgehead atoms. The average molecular weight is 228 g/mol. The third kappa shape index (κ3) is 3.46. The number of carbonyl (C=O) groups is 1. The molecule has 1 aliphatic heterocycles. The molecule has 1 aliphatic rings. The highest BCUT2D eigenvalue weighted by Gasteiger charge is 2.29. The molecule has 1 rings (SSSR count). The Hall–Kier alpha value is -0.610. The number of nitrogens with one attached hydrogen (secondary N) is 1. The maximum Gasteiger partial charge on any atom is 0.240 e. The van der Waals surface area contributed by atoms with Crippen molar-refractivity contribution in [3.8, 4) is 0 Å². The fourth-order valence-electron chi connectivity index (χ4n) is 2.23. The largest absolute Gasteiger partial charge is 0.395 e. The minimum atomic E-state index is -0.0577. The van der Waals surface area contributed by atoms with Crippen LogP contribution in [0.15, 0.2) is 0 Å². The zero-order valence-corrected chi connectivity index (χ0v) is 10.6. The molecule has 0 spiro atoms. The van der Waals surface area contributed by atoms with Crippen molar-refractivity contribution in [1.29, 1.82) is 0 Å². The zero-order valence-electron chi connectivity index (χ0n) is 10.6. The lowest BCUT2D eigenvalue weighted by atomic mass is 9.93. The Labute approximate surface area is 98.0 Å². The van der Waals surface area contributed by atoms with Gasteiger partial charge in [0.15, 0.2) is 0 Å². The van der Waals surface area contributed by atoms with Crippen LogP contribution >= 0.6 is 0 Å². The summed E-state index contributed by atoms with van der Waals surface area (Å²) in [4.78, 5) is 14.0. The molecule has 0 aromatic carbocycles. The summed E-state index contributed by atoms with van der Waals surface area (Å²) in [5.74, 6) is 0.744. The number of aliphatic hydroxyl groups excluding tert-OH is 1. The smallest absolute Gasteiger partial charge is 0.240 e. The SMILES string of the molecule is CC1CCNC(C(=O)N(CCO)C(C)C)C1. The first-order chi connectivity index (χ1) is 7.56. The van der Waals surface area contributed by atoms with Gasteiger partial charge in [-0.05, 0) is 39.2 Å². The summed E-state index contributed by atoms with van der Waals surface area (Å²) in [6.45, 7) is 7.55. The van der Waals surface area contributed by atoms with Gasteiger partial charge in [-0.15, -0.1) is 0 Å². The van der Waals surface area contributed by atoms with Crippen LogP contribution in [0.5, 0.6) is 0 Å². The van der Waals surface area contributed by atoms with Crippen LogP contribution in [0, 0.1) is 5.92 Å². The predicted molar refractivity (Wildman–Crippen MR) is 64.1 cm³/mol. The van der Waals surface area contributed by atoms with E-state index in [4.69, 9.17) is 5.11 Å². The second kappa shape index (κ2) is 6.21. The minimum absolute atomic E-state index is 0.0339. The van der Waals surface area contributed by atoms with E-state index >= 15 is 0 Å². The summed E-state index contributed by atoms with van der Waals surface area (Å²) < 4.78 is 0. The highest BCUT2D eigenvalue weighted by atomic mass is 16.3. The number of hydrogen-bond acceptors (Lipinski definition) is 3. The lowest BCUT2D eigenvalue weighted by Crippen LogP contribution is -2.52. The highest BCUT2D eigenvalue weighted by Crippen LogP contribution is 2.17. The van der Waals surface area contributed by atoms with Crippen molar-refractivity contribution in [3.05, 3.63) is 0 Å². The molecule has 4 nitrogen and oxygen atoms in total. The maximum absolute atomic E-state index is 12.2. The third-order valence-corrected chi connectivity index (χ3v) is 3.21. The van der Waals surface area contributed by atoms with Crippen molar-refractivity contribution in [2.75, 3.05) is 19.7 Å². The summed E-state index contributed by atoms with van der Waals surface area (Å²) in [5.41, 5.74) is 0. The van der Waals surface area contributed by atoms with E-state index in [2.05, 4.69) is 12.2 Å². The van der Waals surface area contributed by atoms with E-state index in [0.717, 1.165) is 19.4 Å². The predicted octanol–water partition coefficient (Wildman–Crippen LogP) is 0.604. The number of piperidine rings is 1. The molecule has 2 N–H and O–H groups in total. The molecule has 1 amide bonds. The Kier molecular flexibility index (Phi) is 5.22. The van der Waals surface area contributed by atoms with Crippen LogP contribution in [0.2, 0.25) is 0 Å². The van der Waals surface area contributed by atoms with Gasteiger partial charge in [0.25, 0.3) is 0 Å². The lowest BCUT2D eigenvalue weighted by Gasteiger charge is -2.34. The molecule has 1 heterocycles. The van der Waals surface area contributed by atoms with Crippen LogP contribution in [0.1, 0.15) is 33.6 Å². The van der Waals surface area contributed by atoms with E-state index in [9.17, 15) is 4.79 Å². The molecule has 0 aromatic heterocycles. The molecule has 0 saturated carbocycles. The zero-order chi connectivity index (χ0) is 12.1. The van der Waals surface area contributed by atoms with Crippen molar-refractivity contribution in [1.82, 2.24) is 10.2 Å². The van der Waals surface area contributed by atoms with Gasteiger partial charge >= 0.3 is 0 Å². The summed E-state index contributed by atoms with van der Waals surface area (Å²) in [6.07, 6.45) is 2.05. The Morgan fingerprint density at radius 2 is 2.25 bits per heavy atom. The first-order valence-electron chi connectivity index (χ1n) is 6.21. The van der Waals surface area contributed by atoms with Crippen LogP contribution in [0.25, 0.3) is 0 Å². The van der Waals surface area contributed by atoms with Crippen molar-refractivity contribution in [2.45, 2.75) is 45.7 Å². The van der Waals surface area contributed by atoms with Gasteiger partial charge in [0, 0.05) is 12.6 Å². The van der Waals surface area contributed by atoms with Crippen molar-refractivity contribution in [2.24, 2.45) is 5.92 Å². The van der Waals surface area contributed by atoms with Crippen molar-refractivity contribution < 1.29 is 9.90 Å². The molecule has 0 aromatic rings. The Morgan fingerprint density at radius 1 is 1.56 bits per heavy atom. The molecule has 94 valence electrons. The fraction of sp³-hybridized carbons (Fsp3) is 0.917. The summed E-state index contributed by atoms with van der Waals surface area (Å²) in [7, 11) is 0. The molecule has 1 fully saturated rings. The number of rotatable bonds is 4. The quantitative estimate of drug-likeness (QED) is 0.741. The van der Waals surface area contributed by atoms with Gasteiger partial charge in [-0.3, -0.25) is 4.79 Å². The van der Waals surface area contributed by atoms with Crippen LogP contribution in [0.4, 0.5) is 0 Å². The van der Waals surface area contributed by atoms with E-state index in [1.807, 2.05) is 13.8 Å². The van der Waals surface area contributed by atoms with Crippen LogP contribution in [0.3, 0.4) is 0 Å². The number of amides is 1. The van der Waals surface area contributed by atoms with Crippen molar-refractivity contribution in [3.63, 3.8) is 0 Å². The first-order valence-corrected chi connectivity index (χ1v) is 6.21. The Morgan fingerprint density at radius 3 is 2.75 bits per heavy atom. The summed E-state index contributed by atoms with van der Waals surface area (Å²) in [6, 6.07) is 0.0939. The molecule has 16 heavy (non-hydrogen) atoms. The molecule has 1 saturated heterocycles. The minimum Gasteiger partial charge on any atom is -0.395 e. The lowest BCUT2D eigenvalue weighted by molar-refractivity contribution is -0.136. The number of nitrogens with zero attached hydrogens (tertiary/aromatic N) is 1. The standard InChI is InChI=1S/C12H24N2O2/c1-9(2)14(6-7-15)12(16)11-8-10(3)4-5-13-11/h9-11,13,15H,4-8H2,1-3H3. The van der Waals surface area contributed by atoms with Gasteiger partial charge in [0.05, 0.1) is 12.6 Å². The average Bonchev–Trinajstić information content (AvgIpc) is 2.24. The van der Waals surface area contributed by atoms with E-state index < -0.39 is 0 Å². The molecule has 2 unspecified atom stereocenters. The molecule has 0 aliphatic carbocycles. The van der Waals surface area contributed by atoms with Crippen LogP contribution in [-0.2, 0) is 4.79 Å². The fourth-order valence-corrected chi connectivity index (χ4v) is 2.23. The molecular weight excluding hydrogens is 204 g/mol. The number of aliphatic hydroxyl groups is 1. The second-order valence-corrected chi connectivity index (χ2v) is 4.99. The van der Waals surface area contributed by atoms with E-state index in [1.165, 1.54) is 0 Å². The highest BCUT2D eigenvalue weighted by molar-refractivity contribution is 5.82. The molecule has 4 heteroatoms. The van der Waals surface area contributed by atoms with E-state index in [-0.39, 0.29) is 24.6 Å². The van der Waals surface area contributed by atoms with Gasteiger partial charge in [0.2, 0.25) is 5.91 Å². The van der Waals surface area contributed by atoms with Gasteiger partial charge in [-0.2, -0.15) is 0 Å². The molecule has 2 atom stereocenters. The third-order valence-electron chi connectivity index (χ3n) is 3.21. The van der Waals surface area contributed by atoms with Crippen LogP contribution in [-0.4, -0.2) is 47.7 Å². The Bertz CT molecular complexity index is 231. The van der Waals surface area contributed by atoms with E-state index in [0.29, 0.717) is 12.5 Å². The number of hydrogen-bond donors (Lipinski definition) is 2. The second-order valence-electron chi connectivity index (χ2n) is 4.99. The monoisotopic (exact) mass is 228 g/mol. The van der Waals surface area contributed by atoms with Crippen molar-refractivity contribution >= 4 is 5.91 Å². The van der Waals surface area contributed by atoms with Gasteiger partial charge in [-0.25, -0.2) is 0 Å². The summed E-state index contributed by atoms with van der Waals surface area (Å²) in [5, 5.41) is 12.2. The summed E-state index contributed by atoms with van der Waals surface area (Å²) >= 11 is 0. The van der Waals surface area contributed by atoms with E-state index in [1.54, 1.807) is 4.90 Å². The van der Waals surface area contributed by atoms with Gasteiger partial charge < -0.3 is 15.3 Å². The molecular formula is C12H24N2O2. The topological polar surface area (TPSA) is 52.6 Å². The van der Waals surface area contributed by atoms with Gasteiger partial charge in [-0.1, -0.05) is 6.92 Å². The first kappa shape index (κ1) is 13.5. The van der Waals surface area contributed by atoms with Gasteiger partial charge in [0.1, 0.15) is 0 Å². The number of carbonyl (C=O) groups excluding carboxylic acids is 1. The normalized spacial score (nSPS) is 25.8. The maximum atomic E-state index is 12.2. The van der Waals surface area contributed by atoms with Crippen LogP contribution < -0.4 is 5.32 Å².